The van der Waals surface area contributed by atoms with E-state index in [2.05, 4.69) is 35.4 Å². The number of nitrogens with one attached hydrogen (secondary N) is 1. The number of carbonyl (C=O) groups excluding carboxylic acids is 1. The Morgan fingerprint density at radius 3 is 2.91 bits per heavy atom. The minimum absolute atomic E-state index is 0.0130. The molecule has 0 atom stereocenters. The number of benzene rings is 1. The van der Waals surface area contributed by atoms with Crippen LogP contribution in [0, 0.1) is 0 Å². The zero-order chi connectivity index (χ0) is 16.2. The number of amides is 1. The van der Waals surface area contributed by atoms with Crippen molar-refractivity contribution in [3.8, 4) is 0 Å². The van der Waals surface area contributed by atoms with Crippen LogP contribution in [0.5, 0.6) is 0 Å². The molecule has 5 heteroatoms. The predicted molar refractivity (Wildman–Crippen MR) is 94.0 cm³/mol. The van der Waals surface area contributed by atoms with E-state index in [9.17, 15) is 4.79 Å². The Morgan fingerprint density at radius 2 is 2.09 bits per heavy atom. The van der Waals surface area contributed by atoms with Crippen molar-refractivity contribution in [1.29, 1.82) is 0 Å². The Balaban J connectivity index is 1.65. The molecule has 1 aliphatic heterocycles. The maximum atomic E-state index is 12.6. The second-order valence-corrected chi connectivity index (χ2v) is 6.28. The minimum atomic E-state index is -0.0130. The van der Waals surface area contributed by atoms with Gasteiger partial charge in [-0.1, -0.05) is 24.3 Å². The summed E-state index contributed by atoms with van der Waals surface area (Å²) < 4.78 is 1.80. The number of hydrogen-bond acceptors (Lipinski definition) is 3. The van der Waals surface area contributed by atoms with Crippen molar-refractivity contribution in [1.82, 2.24) is 14.5 Å². The molecule has 0 saturated carbocycles. The summed E-state index contributed by atoms with van der Waals surface area (Å²) in [7, 11) is 4.15. The average molecular weight is 312 g/mol. The van der Waals surface area contributed by atoms with Crippen LogP contribution in [0.25, 0.3) is 10.9 Å². The summed E-state index contributed by atoms with van der Waals surface area (Å²) in [4.78, 5) is 17.1. The second kappa shape index (κ2) is 6.98. The summed E-state index contributed by atoms with van der Waals surface area (Å²) in [6.07, 6.45) is 4.89. The lowest BCUT2D eigenvalue weighted by atomic mass is 10.1. The first-order chi connectivity index (χ1) is 11.1. The molecule has 1 N–H and O–H groups in total. The van der Waals surface area contributed by atoms with Gasteiger partial charge in [0.25, 0.3) is 5.91 Å². The van der Waals surface area contributed by atoms with Crippen molar-refractivity contribution >= 4 is 16.8 Å². The molecule has 0 unspecified atom stereocenters. The molecular weight excluding hydrogens is 288 g/mol. The van der Waals surface area contributed by atoms with Crippen molar-refractivity contribution in [2.75, 3.05) is 45.7 Å². The van der Waals surface area contributed by atoms with Gasteiger partial charge in [0, 0.05) is 43.3 Å². The van der Waals surface area contributed by atoms with Gasteiger partial charge in [0.2, 0.25) is 0 Å². The minimum Gasteiger partial charge on any atom is -0.308 e. The lowest BCUT2D eigenvalue weighted by molar-refractivity contribution is -0.114. The molecule has 2 aromatic rings. The largest absolute Gasteiger partial charge is 0.308 e. The highest BCUT2D eigenvalue weighted by molar-refractivity contribution is 6.00. The molecule has 0 fully saturated rings. The zero-order valence-electron chi connectivity index (χ0n) is 13.8. The van der Waals surface area contributed by atoms with E-state index in [1.807, 2.05) is 36.5 Å². The van der Waals surface area contributed by atoms with Crippen LogP contribution in [-0.4, -0.2) is 60.7 Å². The number of para-hydroxylation sites is 1. The van der Waals surface area contributed by atoms with Crippen LogP contribution in [0.4, 0.5) is 0 Å². The molecule has 0 aliphatic carbocycles. The number of likely N-dealkylation sites (N-methyl/N-ethyl adjacent to an activating group) is 1. The average Bonchev–Trinajstić information content (AvgIpc) is 2.96. The second-order valence-electron chi connectivity index (χ2n) is 6.28. The van der Waals surface area contributed by atoms with Crippen LogP contribution in [0.1, 0.15) is 6.42 Å². The number of carbonyl (C=O) groups is 1. The van der Waals surface area contributed by atoms with E-state index >= 15 is 0 Å². The molecule has 122 valence electrons. The lowest BCUT2D eigenvalue weighted by Crippen LogP contribution is -2.39. The Morgan fingerprint density at radius 1 is 1.26 bits per heavy atom. The van der Waals surface area contributed by atoms with E-state index in [0.717, 1.165) is 49.1 Å². The van der Waals surface area contributed by atoms with Gasteiger partial charge >= 0.3 is 0 Å². The van der Waals surface area contributed by atoms with Gasteiger partial charge in [-0.2, -0.15) is 0 Å². The highest BCUT2D eigenvalue weighted by Gasteiger charge is 2.18. The third-order valence-electron chi connectivity index (χ3n) is 4.21. The van der Waals surface area contributed by atoms with Crippen molar-refractivity contribution in [3.63, 3.8) is 0 Å². The van der Waals surface area contributed by atoms with Crippen LogP contribution < -0.4 is 5.43 Å². The first kappa shape index (κ1) is 15.8. The van der Waals surface area contributed by atoms with E-state index in [1.54, 1.807) is 4.68 Å². The van der Waals surface area contributed by atoms with Crippen LogP contribution in [-0.2, 0) is 4.79 Å². The Kier molecular flexibility index (Phi) is 4.79. The molecule has 1 aliphatic rings. The van der Waals surface area contributed by atoms with Gasteiger partial charge in [-0.05, 0) is 32.6 Å². The van der Waals surface area contributed by atoms with E-state index in [-0.39, 0.29) is 5.91 Å². The quantitative estimate of drug-likeness (QED) is 0.917. The Labute approximate surface area is 137 Å². The Hall–Kier alpha value is -2.11. The number of aromatic nitrogens is 1. The Bertz CT molecular complexity index is 717. The SMILES string of the molecule is CN(C)CCN1CCC=C(C(=O)Nn2ccc3ccccc32)C1. The molecule has 1 aromatic heterocycles. The fourth-order valence-corrected chi connectivity index (χ4v) is 2.86. The third kappa shape index (κ3) is 3.81. The highest BCUT2D eigenvalue weighted by Crippen LogP contribution is 2.15. The van der Waals surface area contributed by atoms with E-state index in [4.69, 9.17) is 0 Å². The molecule has 0 saturated heterocycles. The molecule has 23 heavy (non-hydrogen) atoms. The first-order valence-corrected chi connectivity index (χ1v) is 8.07. The zero-order valence-corrected chi connectivity index (χ0v) is 13.8. The standard InChI is InChI=1S/C18H24N4O/c1-20(2)12-13-21-10-5-7-16(14-21)18(23)19-22-11-9-15-6-3-4-8-17(15)22/h3-4,6-9,11H,5,10,12-14H2,1-2H3,(H,19,23). The molecule has 0 radical (unpaired) electrons. The maximum Gasteiger partial charge on any atom is 0.267 e. The van der Waals surface area contributed by atoms with E-state index < -0.39 is 0 Å². The number of hydrogen-bond donors (Lipinski definition) is 1. The van der Waals surface area contributed by atoms with Crippen LogP contribution >= 0.6 is 0 Å². The number of rotatable bonds is 5. The molecule has 1 aromatic carbocycles. The van der Waals surface area contributed by atoms with E-state index in [0.29, 0.717) is 0 Å². The fourth-order valence-electron chi connectivity index (χ4n) is 2.86. The van der Waals surface area contributed by atoms with Crippen molar-refractivity contribution < 1.29 is 4.79 Å². The molecule has 2 heterocycles. The summed E-state index contributed by atoms with van der Waals surface area (Å²) >= 11 is 0. The van der Waals surface area contributed by atoms with Gasteiger partial charge in [-0.25, -0.2) is 0 Å². The summed E-state index contributed by atoms with van der Waals surface area (Å²) in [5.41, 5.74) is 4.86. The van der Waals surface area contributed by atoms with Crippen LogP contribution in [0.15, 0.2) is 48.2 Å². The smallest absolute Gasteiger partial charge is 0.267 e. The third-order valence-corrected chi connectivity index (χ3v) is 4.21. The van der Waals surface area contributed by atoms with Gasteiger partial charge in [-0.3, -0.25) is 19.8 Å². The first-order valence-electron chi connectivity index (χ1n) is 8.07. The molecule has 1 amide bonds. The monoisotopic (exact) mass is 312 g/mol. The van der Waals surface area contributed by atoms with Crippen molar-refractivity contribution in [2.24, 2.45) is 0 Å². The normalized spacial score (nSPS) is 15.9. The van der Waals surface area contributed by atoms with Gasteiger partial charge in [0.1, 0.15) is 0 Å². The highest BCUT2D eigenvalue weighted by atomic mass is 16.2. The lowest BCUT2D eigenvalue weighted by Gasteiger charge is -2.27. The molecular formula is C18H24N4O. The summed E-state index contributed by atoms with van der Waals surface area (Å²) in [5, 5.41) is 1.12. The predicted octanol–water partition coefficient (Wildman–Crippen LogP) is 1.91. The van der Waals surface area contributed by atoms with Crippen molar-refractivity contribution in [2.45, 2.75) is 6.42 Å². The molecule has 0 spiro atoms. The topological polar surface area (TPSA) is 40.5 Å². The van der Waals surface area contributed by atoms with Gasteiger partial charge in [0.15, 0.2) is 0 Å². The fraction of sp³-hybridized carbons (Fsp3) is 0.389. The van der Waals surface area contributed by atoms with Crippen molar-refractivity contribution in [3.05, 3.63) is 48.2 Å². The van der Waals surface area contributed by atoms with Gasteiger partial charge in [0.05, 0.1) is 5.52 Å². The summed E-state index contributed by atoms with van der Waals surface area (Å²) in [6, 6.07) is 10.0. The number of fused-ring (bicyclic) bond motifs is 1. The van der Waals surface area contributed by atoms with Crippen LogP contribution in [0.3, 0.4) is 0 Å². The molecule has 5 nitrogen and oxygen atoms in total. The van der Waals surface area contributed by atoms with Gasteiger partial charge in [-0.15, -0.1) is 0 Å². The maximum absolute atomic E-state index is 12.6. The molecule has 0 bridgehead atoms. The summed E-state index contributed by atoms with van der Waals surface area (Å²) in [5.74, 6) is -0.0130. The summed E-state index contributed by atoms with van der Waals surface area (Å²) in [6.45, 7) is 3.75. The van der Waals surface area contributed by atoms with Gasteiger partial charge < -0.3 is 4.90 Å². The number of nitrogens with zero attached hydrogens (tertiary/aromatic N) is 3. The molecule has 3 rings (SSSR count). The van der Waals surface area contributed by atoms with E-state index in [1.165, 1.54) is 0 Å². The van der Waals surface area contributed by atoms with Crippen LogP contribution in [0.2, 0.25) is 0 Å².